The molecule has 8 heteroatoms. The standard InChI is InChI=1S/C8H15N5O2S/c1-2-16(14,15)4-3-10-7-5-8(13-9)12-6-11-7/h5-6H,2-4,9H2,1H3,(H2,10,11,12,13). The Balaban J connectivity index is 2.49. The number of anilines is 2. The maximum Gasteiger partial charge on any atom is 0.151 e. The van der Waals surface area contributed by atoms with Gasteiger partial charge in [0.15, 0.2) is 9.84 Å². The van der Waals surface area contributed by atoms with Crippen LogP contribution in [0.4, 0.5) is 11.6 Å². The van der Waals surface area contributed by atoms with Crippen LogP contribution in [0.2, 0.25) is 0 Å². The monoisotopic (exact) mass is 245 g/mol. The molecular formula is C8H15N5O2S. The highest BCUT2D eigenvalue weighted by Gasteiger charge is 2.06. The molecule has 1 rings (SSSR count). The zero-order valence-electron chi connectivity index (χ0n) is 8.97. The van der Waals surface area contributed by atoms with Gasteiger partial charge in [0.25, 0.3) is 0 Å². The highest BCUT2D eigenvalue weighted by atomic mass is 32.2. The molecule has 16 heavy (non-hydrogen) atoms. The van der Waals surface area contributed by atoms with Crippen molar-refractivity contribution in [2.24, 2.45) is 5.84 Å². The third-order valence-electron chi connectivity index (χ3n) is 1.97. The van der Waals surface area contributed by atoms with Crippen molar-refractivity contribution in [3.63, 3.8) is 0 Å². The summed E-state index contributed by atoms with van der Waals surface area (Å²) in [5.41, 5.74) is 2.38. The third kappa shape index (κ3) is 3.99. The Bertz CT molecular complexity index is 434. The first-order valence-electron chi connectivity index (χ1n) is 4.80. The van der Waals surface area contributed by atoms with Gasteiger partial charge in [-0.15, -0.1) is 0 Å². The molecule has 1 aromatic rings. The van der Waals surface area contributed by atoms with Crippen LogP contribution in [0.25, 0.3) is 0 Å². The van der Waals surface area contributed by atoms with E-state index >= 15 is 0 Å². The van der Waals surface area contributed by atoms with Gasteiger partial charge in [0.1, 0.15) is 18.0 Å². The lowest BCUT2D eigenvalue weighted by molar-refractivity contribution is 0.597. The second-order valence-corrected chi connectivity index (χ2v) is 5.57. The van der Waals surface area contributed by atoms with Gasteiger partial charge in [0.05, 0.1) is 5.75 Å². The number of nitrogens with one attached hydrogen (secondary N) is 2. The number of aromatic nitrogens is 2. The van der Waals surface area contributed by atoms with Crippen LogP contribution in [-0.4, -0.2) is 36.4 Å². The fourth-order valence-corrected chi connectivity index (χ4v) is 1.71. The van der Waals surface area contributed by atoms with Crippen molar-refractivity contribution >= 4 is 21.5 Å². The summed E-state index contributed by atoms with van der Waals surface area (Å²) in [5, 5.41) is 2.88. The van der Waals surface area contributed by atoms with Crippen molar-refractivity contribution in [2.45, 2.75) is 6.92 Å². The number of hydrogen-bond acceptors (Lipinski definition) is 7. The van der Waals surface area contributed by atoms with Gasteiger partial charge in [0.2, 0.25) is 0 Å². The molecule has 0 aliphatic rings. The average molecular weight is 245 g/mol. The second kappa shape index (κ2) is 5.61. The predicted molar refractivity (Wildman–Crippen MR) is 62.7 cm³/mol. The molecule has 0 aliphatic carbocycles. The molecule has 0 fully saturated rings. The zero-order valence-corrected chi connectivity index (χ0v) is 9.79. The molecule has 0 amide bonds. The van der Waals surface area contributed by atoms with Gasteiger partial charge in [-0.1, -0.05) is 6.92 Å². The quantitative estimate of drug-likeness (QED) is 0.462. The number of nitrogens with two attached hydrogens (primary N) is 1. The van der Waals surface area contributed by atoms with Crippen LogP contribution in [-0.2, 0) is 9.84 Å². The number of nitrogens with zero attached hydrogens (tertiary/aromatic N) is 2. The third-order valence-corrected chi connectivity index (χ3v) is 3.68. The number of nitrogen functional groups attached to an aromatic ring is 1. The lowest BCUT2D eigenvalue weighted by Crippen LogP contribution is -2.18. The van der Waals surface area contributed by atoms with Gasteiger partial charge < -0.3 is 10.7 Å². The maximum absolute atomic E-state index is 11.2. The minimum absolute atomic E-state index is 0.0822. The molecule has 1 aromatic heterocycles. The number of hydrogen-bond donors (Lipinski definition) is 3. The molecule has 0 aromatic carbocycles. The van der Waals surface area contributed by atoms with Gasteiger partial charge in [0, 0.05) is 18.4 Å². The number of sulfone groups is 1. The fraction of sp³-hybridized carbons (Fsp3) is 0.500. The Kier molecular flexibility index (Phi) is 4.44. The summed E-state index contributed by atoms with van der Waals surface area (Å²) < 4.78 is 22.4. The lowest BCUT2D eigenvalue weighted by Gasteiger charge is -2.06. The lowest BCUT2D eigenvalue weighted by atomic mass is 10.5. The van der Waals surface area contributed by atoms with E-state index in [-0.39, 0.29) is 11.5 Å². The SMILES string of the molecule is CCS(=O)(=O)CCNc1cc(NN)ncn1. The Hall–Kier alpha value is -1.41. The minimum atomic E-state index is -2.95. The first-order chi connectivity index (χ1) is 7.57. The molecule has 1 heterocycles. The van der Waals surface area contributed by atoms with E-state index < -0.39 is 9.84 Å². The maximum atomic E-state index is 11.2. The van der Waals surface area contributed by atoms with Gasteiger partial charge in [-0.2, -0.15) is 0 Å². The summed E-state index contributed by atoms with van der Waals surface area (Å²) in [5.74, 6) is 6.41. The number of rotatable bonds is 6. The van der Waals surface area contributed by atoms with Crippen molar-refractivity contribution < 1.29 is 8.42 Å². The van der Waals surface area contributed by atoms with E-state index in [0.29, 0.717) is 18.2 Å². The average Bonchev–Trinajstić information content (AvgIpc) is 2.29. The molecule has 4 N–H and O–H groups in total. The molecule has 90 valence electrons. The summed E-state index contributed by atoms with van der Waals surface area (Å²) in [7, 11) is -2.95. The molecular weight excluding hydrogens is 230 g/mol. The molecule has 0 bridgehead atoms. The van der Waals surface area contributed by atoms with Crippen molar-refractivity contribution in [3.05, 3.63) is 12.4 Å². The predicted octanol–water partition coefficient (Wildman–Crippen LogP) is -0.391. The largest absolute Gasteiger partial charge is 0.369 e. The number of hydrazine groups is 1. The first kappa shape index (κ1) is 12.7. The Morgan fingerprint density at radius 3 is 2.69 bits per heavy atom. The van der Waals surface area contributed by atoms with Crippen molar-refractivity contribution in [2.75, 3.05) is 28.8 Å². The van der Waals surface area contributed by atoms with Gasteiger partial charge in [-0.3, -0.25) is 0 Å². The molecule has 0 spiro atoms. The van der Waals surface area contributed by atoms with Crippen molar-refractivity contribution in [1.82, 2.24) is 9.97 Å². The molecule has 0 saturated carbocycles. The zero-order chi connectivity index (χ0) is 12.0. The molecule has 0 unspecified atom stereocenters. The highest BCUT2D eigenvalue weighted by Crippen LogP contribution is 2.06. The molecule has 0 radical (unpaired) electrons. The van der Waals surface area contributed by atoms with E-state index in [1.54, 1.807) is 13.0 Å². The minimum Gasteiger partial charge on any atom is -0.369 e. The van der Waals surface area contributed by atoms with Crippen molar-refractivity contribution in [3.8, 4) is 0 Å². The second-order valence-electron chi connectivity index (χ2n) is 3.10. The van der Waals surface area contributed by atoms with Crippen LogP contribution < -0.4 is 16.6 Å². The van der Waals surface area contributed by atoms with Gasteiger partial charge in [-0.05, 0) is 0 Å². The Labute approximate surface area is 94.4 Å². The van der Waals surface area contributed by atoms with Crippen LogP contribution in [0.1, 0.15) is 6.92 Å². The summed E-state index contributed by atoms with van der Waals surface area (Å²) >= 11 is 0. The molecule has 0 aliphatic heterocycles. The van der Waals surface area contributed by atoms with Crippen LogP contribution in [0.3, 0.4) is 0 Å². The van der Waals surface area contributed by atoms with E-state index in [1.807, 2.05) is 0 Å². The Morgan fingerprint density at radius 2 is 2.06 bits per heavy atom. The molecule has 0 atom stereocenters. The smallest absolute Gasteiger partial charge is 0.151 e. The highest BCUT2D eigenvalue weighted by molar-refractivity contribution is 7.91. The van der Waals surface area contributed by atoms with Crippen molar-refractivity contribution in [1.29, 1.82) is 0 Å². The Morgan fingerprint density at radius 1 is 1.38 bits per heavy atom. The van der Waals surface area contributed by atoms with Gasteiger partial charge >= 0.3 is 0 Å². The van der Waals surface area contributed by atoms with Crippen LogP contribution in [0.15, 0.2) is 12.4 Å². The molecule has 0 saturated heterocycles. The van der Waals surface area contributed by atoms with Gasteiger partial charge in [-0.25, -0.2) is 24.2 Å². The summed E-state index contributed by atoms with van der Waals surface area (Å²) in [6.07, 6.45) is 1.34. The van der Waals surface area contributed by atoms with E-state index in [1.165, 1.54) is 6.33 Å². The van der Waals surface area contributed by atoms with E-state index in [9.17, 15) is 8.42 Å². The summed E-state index contributed by atoms with van der Waals surface area (Å²) in [6.45, 7) is 1.94. The van der Waals surface area contributed by atoms with E-state index in [4.69, 9.17) is 5.84 Å². The first-order valence-corrected chi connectivity index (χ1v) is 6.62. The molecule has 7 nitrogen and oxygen atoms in total. The van der Waals surface area contributed by atoms with E-state index in [0.717, 1.165) is 0 Å². The summed E-state index contributed by atoms with van der Waals surface area (Å²) in [6, 6.07) is 1.60. The van der Waals surface area contributed by atoms with Crippen LogP contribution >= 0.6 is 0 Å². The topological polar surface area (TPSA) is 110 Å². The summed E-state index contributed by atoms with van der Waals surface area (Å²) in [4.78, 5) is 7.75. The van der Waals surface area contributed by atoms with Crippen LogP contribution in [0, 0.1) is 0 Å². The van der Waals surface area contributed by atoms with Crippen LogP contribution in [0.5, 0.6) is 0 Å². The fourth-order valence-electron chi connectivity index (χ4n) is 1.01. The van der Waals surface area contributed by atoms with E-state index in [2.05, 4.69) is 20.7 Å². The normalized spacial score (nSPS) is 11.1.